The fourth-order valence-electron chi connectivity index (χ4n) is 1.77. The molecule has 0 aliphatic rings. The lowest BCUT2D eigenvalue weighted by molar-refractivity contribution is 0.0993. The van der Waals surface area contributed by atoms with Crippen molar-refractivity contribution in [2.24, 2.45) is 5.73 Å². The van der Waals surface area contributed by atoms with Crippen LogP contribution in [0.5, 0.6) is 0 Å². The molecule has 0 unspecified atom stereocenters. The average molecular weight is 254 g/mol. The first kappa shape index (κ1) is 12.8. The smallest absolute Gasteiger partial charge is 0.258 e. The number of hydrogen-bond donors (Lipinski definition) is 1. The SMILES string of the molecule is CN(C(=O)c1cccc(C(N)=O)c1)c1ccccc1. The number of anilines is 1. The zero-order valence-corrected chi connectivity index (χ0v) is 10.5. The number of nitrogens with two attached hydrogens (primary N) is 1. The van der Waals surface area contributed by atoms with Crippen LogP contribution in [0.25, 0.3) is 0 Å². The van der Waals surface area contributed by atoms with Crippen LogP contribution in [-0.2, 0) is 0 Å². The minimum absolute atomic E-state index is 0.186. The molecule has 0 atom stereocenters. The van der Waals surface area contributed by atoms with Crippen LogP contribution < -0.4 is 10.6 Å². The Morgan fingerprint density at radius 3 is 2.21 bits per heavy atom. The van der Waals surface area contributed by atoms with Crippen LogP contribution >= 0.6 is 0 Å². The van der Waals surface area contributed by atoms with Crippen LogP contribution in [0.15, 0.2) is 54.6 Å². The average Bonchev–Trinajstić information content (AvgIpc) is 2.46. The zero-order chi connectivity index (χ0) is 13.8. The van der Waals surface area contributed by atoms with E-state index in [0.29, 0.717) is 11.1 Å². The number of amides is 2. The van der Waals surface area contributed by atoms with Crippen molar-refractivity contribution < 1.29 is 9.59 Å². The predicted octanol–water partition coefficient (Wildman–Crippen LogP) is 2.06. The van der Waals surface area contributed by atoms with Crippen molar-refractivity contribution in [3.8, 4) is 0 Å². The maximum absolute atomic E-state index is 12.3. The first-order valence-corrected chi connectivity index (χ1v) is 5.82. The van der Waals surface area contributed by atoms with Gasteiger partial charge in [0.05, 0.1) is 0 Å². The second-order valence-corrected chi connectivity index (χ2v) is 4.14. The van der Waals surface area contributed by atoms with Crippen molar-refractivity contribution in [2.75, 3.05) is 11.9 Å². The normalized spacial score (nSPS) is 9.95. The molecule has 2 amide bonds. The van der Waals surface area contributed by atoms with E-state index < -0.39 is 5.91 Å². The summed E-state index contributed by atoms with van der Waals surface area (Å²) in [5.41, 5.74) is 6.75. The number of hydrogen-bond acceptors (Lipinski definition) is 2. The Kier molecular flexibility index (Phi) is 3.61. The van der Waals surface area contributed by atoms with E-state index in [4.69, 9.17) is 5.73 Å². The van der Waals surface area contributed by atoms with Crippen molar-refractivity contribution >= 4 is 17.5 Å². The number of primary amides is 1. The summed E-state index contributed by atoms with van der Waals surface area (Å²) in [5, 5.41) is 0. The third kappa shape index (κ3) is 2.80. The lowest BCUT2D eigenvalue weighted by Crippen LogP contribution is -2.26. The Morgan fingerprint density at radius 2 is 1.58 bits per heavy atom. The van der Waals surface area contributed by atoms with Gasteiger partial charge >= 0.3 is 0 Å². The minimum Gasteiger partial charge on any atom is -0.366 e. The summed E-state index contributed by atoms with van der Waals surface area (Å²) >= 11 is 0. The van der Waals surface area contributed by atoms with E-state index in [-0.39, 0.29) is 5.91 Å². The predicted molar refractivity (Wildman–Crippen MR) is 74.1 cm³/mol. The Hall–Kier alpha value is -2.62. The standard InChI is InChI=1S/C15H14N2O2/c1-17(13-8-3-2-4-9-13)15(19)12-7-5-6-11(10-12)14(16)18/h2-10H,1H3,(H2,16,18). The second-order valence-electron chi connectivity index (χ2n) is 4.14. The Balaban J connectivity index is 2.29. The van der Waals surface area contributed by atoms with Crippen LogP contribution in [-0.4, -0.2) is 18.9 Å². The highest BCUT2D eigenvalue weighted by atomic mass is 16.2. The van der Waals surface area contributed by atoms with Crippen LogP contribution in [0.3, 0.4) is 0 Å². The van der Waals surface area contributed by atoms with Crippen molar-refractivity contribution in [3.05, 3.63) is 65.7 Å². The molecular formula is C15H14N2O2. The van der Waals surface area contributed by atoms with Gasteiger partial charge in [-0.25, -0.2) is 0 Å². The van der Waals surface area contributed by atoms with Gasteiger partial charge in [0.1, 0.15) is 0 Å². The second kappa shape index (κ2) is 5.35. The molecule has 0 aliphatic carbocycles. The molecule has 0 saturated heterocycles. The molecule has 2 N–H and O–H groups in total. The molecule has 2 aromatic carbocycles. The third-order valence-corrected chi connectivity index (χ3v) is 2.84. The summed E-state index contributed by atoms with van der Waals surface area (Å²) in [6.07, 6.45) is 0. The van der Waals surface area contributed by atoms with Gasteiger partial charge in [-0.15, -0.1) is 0 Å². The highest BCUT2D eigenvalue weighted by Crippen LogP contribution is 2.15. The molecule has 4 nitrogen and oxygen atoms in total. The van der Waals surface area contributed by atoms with Gasteiger partial charge in [0.25, 0.3) is 5.91 Å². The largest absolute Gasteiger partial charge is 0.366 e. The maximum atomic E-state index is 12.3. The van der Waals surface area contributed by atoms with Crippen LogP contribution in [0.1, 0.15) is 20.7 Å². The molecule has 0 spiro atoms. The van der Waals surface area contributed by atoms with Gasteiger partial charge in [0.2, 0.25) is 5.91 Å². The van der Waals surface area contributed by atoms with Gasteiger partial charge in [-0.1, -0.05) is 24.3 Å². The van der Waals surface area contributed by atoms with E-state index in [2.05, 4.69) is 0 Å². The summed E-state index contributed by atoms with van der Waals surface area (Å²) in [6.45, 7) is 0. The number of nitrogens with zero attached hydrogens (tertiary/aromatic N) is 1. The van der Waals surface area contributed by atoms with E-state index in [9.17, 15) is 9.59 Å². The summed E-state index contributed by atoms with van der Waals surface area (Å²) in [5.74, 6) is -0.730. The van der Waals surface area contributed by atoms with Gasteiger partial charge in [-0.05, 0) is 30.3 Å². The molecule has 19 heavy (non-hydrogen) atoms. The topological polar surface area (TPSA) is 63.4 Å². The molecule has 96 valence electrons. The van der Waals surface area contributed by atoms with Gasteiger partial charge in [0, 0.05) is 23.9 Å². The van der Waals surface area contributed by atoms with Crippen LogP contribution in [0, 0.1) is 0 Å². The van der Waals surface area contributed by atoms with E-state index >= 15 is 0 Å². The van der Waals surface area contributed by atoms with Crippen molar-refractivity contribution in [2.45, 2.75) is 0 Å². The molecular weight excluding hydrogens is 240 g/mol. The molecule has 2 rings (SSSR count). The van der Waals surface area contributed by atoms with E-state index in [0.717, 1.165) is 5.69 Å². The number of carbonyl (C=O) groups is 2. The molecule has 0 aromatic heterocycles. The van der Waals surface area contributed by atoms with Crippen LogP contribution in [0.4, 0.5) is 5.69 Å². The molecule has 0 heterocycles. The van der Waals surface area contributed by atoms with Crippen LogP contribution in [0.2, 0.25) is 0 Å². The van der Waals surface area contributed by atoms with E-state index in [1.807, 2.05) is 30.3 Å². The minimum atomic E-state index is -0.544. The molecule has 0 bridgehead atoms. The summed E-state index contributed by atoms with van der Waals surface area (Å²) < 4.78 is 0. The van der Waals surface area contributed by atoms with Crippen molar-refractivity contribution in [1.82, 2.24) is 0 Å². The summed E-state index contributed by atoms with van der Waals surface area (Å²) in [6, 6.07) is 15.7. The summed E-state index contributed by atoms with van der Waals surface area (Å²) in [7, 11) is 1.69. The third-order valence-electron chi connectivity index (χ3n) is 2.84. The Morgan fingerprint density at radius 1 is 0.947 bits per heavy atom. The maximum Gasteiger partial charge on any atom is 0.258 e. The quantitative estimate of drug-likeness (QED) is 0.911. The fourth-order valence-corrected chi connectivity index (χ4v) is 1.77. The van der Waals surface area contributed by atoms with E-state index in [1.54, 1.807) is 25.2 Å². The van der Waals surface area contributed by atoms with Crippen molar-refractivity contribution in [1.29, 1.82) is 0 Å². The van der Waals surface area contributed by atoms with Gasteiger partial charge in [0.15, 0.2) is 0 Å². The first-order valence-electron chi connectivity index (χ1n) is 5.82. The Bertz CT molecular complexity index is 609. The van der Waals surface area contributed by atoms with Crippen molar-refractivity contribution in [3.63, 3.8) is 0 Å². The number of rotatable bonds is 3. The molecule has 0 saturated carbocycles. The van der Waals surface area contributed by atoms with Gasteiger partial charge < -0.3 is 10.6 Å². The fraction of sp³-hybridized carbons (Fsp3) is 0.0667. The molecule has 0 fully saturated rings. The monoisotopic (exact) mass is 254 g/mol. The zero-order valence-electron chi connectivity index (χ0n) is 10.5. The number of benzene rings is 2. The number of para-hydroxylation sites is 1. The first-order chi connectivity index (χ1) is 9.09. The lowest BCUT2D eigenvalue weighted by atomic mass is 10.1. The summed E-state index contributed by atoms with van der Waals surface area (Å²) in [4.78, 5) is 24.9. The lowest BCUT2D eigenvalue weighted by Gasteiger charge is -2.17. The van der Waals surface area contributed by atoms with Gasteiger partial charge in [-0.2, -0.15) is 0 Å². The van der Waals surface area contributed by atoms with E-state index in [1.165, 1.54) is 11.0 Å². The highest BCUT2D eigenvalue weighted by Gasteiger charge is 2.14. The molecule has 0 aliphatic heterocycles. The van der Waals surface area contributed by atoms with Gasteiger partial charge in [-0.3, -0.25) is 9.59 Å². The molecule has 4 heteroatoms. The highest BCUT2D eigenvalue weighted by molar-refractivity contribution is 6.07. The molecule has 2 aromatic rings. The molecule has 0 radical (unpaired) electrons. The number of carbonyl (C=O) groups excluding carboxylic acids is 2. The Labute approximate surface area is 111 Å².